The van der Waals surface area contributed by atoms with Gasteiger partial charge in [-0.25, -0.2) is 4.39 Å². The van der Waals surface area contributed by atoms with Gasteiger partial charge in [-0.05, 0) is 44.9 Å². The van der Waals surface area contributed by atoms with Crippen LogP contribution in [0, 0.1) is 16.7 Å². The SMILES string of the molecule is C=C/C(F)=C\C(=C(/C)CC)C(C)(C)C#N. The predicted molar refractivity (Wildman–Crippen MR) is 61.8 cm³/mol. The van der Waals surface area contributed by atoms with E-state index < -0.39 is 11.2 Å². The van der Waals surface area contributed by atoms with Crippen LogP contribution in [0.3, 0.4) is 0 Å². The predicted octanol–water partition coefficient (Wildman–Crippen LogP) is 4.30. The zero-order chi connectivity index (χ0) is 12.1. The first kappa shape index (κ1) is 13.6. The van der Waals surface area contributed by atoms with Gasteiger partial charge in [0.2, 0.25) is 0 Å². The van der Waals surface area contributed by atoms with E-state index in [2.05, 4.69) is 12.6 Å². The third-order valence-electron chi connectivity index (χ3n) is 2.42. The van der Waals surface area contributed by atoms with Gasteiger partial charge < -0.3 is 0 Å². The van der Waals surface area contributed by atoms with Crippen molar-refractivity contribution in [1.82, 2.24) is 0 Å². The normalized spacial score (nSPS) is 14.3. The zero-order valence-corrected chi connectivity index (χ0v) is 9.89. The number of hydrogen-bond acceptors (Lipinski definition) is 1. The minimum atomic E-state index is -0.666. The van der Waals surface area contributed by atoms with Crippen molar-refractivity contribution in [3.63, 3.8) is 0 Å². The fourth-order valence-corrected chi connectivity index (χ4v) is 1.28. The summed E-state index contributed by atoms with van der Waals surface area (Å²) >= 11 is 0. The standard InChI is InChI=1S/C13H18FN/c1-6-10(3)12(8-11(14)7-2)13(4,5)9-15/h7-8H,2,6H2,1,3-5H3/b11-8+,12-10-. The van der Waals surface area contributed by atoms with Crippen molar-refractivity contribution < 1.29 is 4.39 Å². The lowest BCUT2D eigenvalue weighted by atomic mass is 9.82. The molecule has 0 aromatic rings. The average Bonchev–Trinajstić information content (AvgIpc) is 2.24. The minimum absolute atomic E-state index is 0.402. The maximum absolute atomic E-state index is 13.1. The van der Waals surface area contributed by atoms with Crippen LogP contribution in [-0.2, 0) is 0 Å². The Morgan fingerprint density at radius 3 is 2.40 bits per heavy atom. The second kappa shape index (κ2) is 5.50. The average molecular weight is 207 g/mol. The molecule has 0 heterocycles. The summed E-state index contributed by atoms with van der Waals surface area (Å²) in [4.78, 5) is 0. The molecule has 2 heteroatoms. The van der Waals surface area contributed by atoms with Crippen LogP contribution in [0.4, 0.5) is 4.39 Å². The molecule has 0 aromatic carbocycles. The Hall–Kier alpha value is -1.36. The van der Waals surface area contributed by atoms with Gasteiger partial charge in [-0.3, -0.25) is 0 Å². The molecule has 0 rings (SSSR count). The highest BCUT2D eigenvalue weighted by atomic mass is 19.1. The van der Waals surface area contributed by atoms with Gasteiger partial charge >= 0.3 is 0 Å². The van der Waals surface area contributed by atoms with Crippen molar-refractivity contribution in [3.8, 4) is 6.07 Å². The van der Waals surface area contributed by atoms with Crippen molar-refractivity contribution in [2.45, 2.75) is 34.1 Å². The van der Waals surface area contributed by atoms with Crippen molar-refractivity contribution in [1.29, 1.82) is 5.26 Å². The van der Waals surface area contributed by atoms with E-state index in [0.717, 1.165) is 23.6 Å². The Morgan fingerprint density at radius 1 is 1.53 bits per heavy atom. The summed E-state index contributed by atoms with van der Waals surface area (Å²) in [7, 11) is 0. The molecule has 0 radical (unpaired) electrons. The van der Waals surface area contributed by atoms with Gasteiger partial charge in [-0.15, -0.1) is 0 Å². The molecule has 0 bridgehead atoms. The quantitative estimate of drug-likeness (QED) is 0.630. The molecular weight excluding hydrogens is 189 g/mol. The highest BCUT2D eigenvalue weighted by molar-refractivity contribution is 5.37. The van der Waals surface area contributed by atoms with Gasteiger partial charge in [0, 0.05) is 0 Å². The van der Waals surface area contributed by atoms with E-state index in [9.17, 15) is 4.39 Å². The van der Waals surface area contributed by atoms with Crippen molar-refractivity contribution in [3.05, 3.63) is 35.7 Å². The van der Waals surface area contributed by atoms with E-state index in [1.165, 1.54) is 6.08 Å². The second-order valence-corrected chi connectivity index (χ2v) is 4.02. The van der Waals surface area contributed by atoms with Crippen LogP contribution in [0.5, 0.6) is 0 Å². The van der Waals surface area contributed by atoms with Crippen LogP contribution in [0.15, 0.2) is 35.7 Å². The van der Waals surface area contributed by atoms with Crippen LogP contribution in [-0.4, -0.2) is 0 Å². The van der Waals surface area contributed by atoms with E-state index in [4.69, 9.17) is 5.26 Å². The van der Waals surface area contributed by atoms with E-state index in [1.807, 2.05) is 13.8 Å². The van der Waals surface area contributed by atoms with E-state index >= 15 is 0 Å². The first-order chi connectivity index (χ1) is 6.88. The Balaban J connectivity index is 5.50. The molecule has 0 amide bonds. The third kappa shape index (κ3) is 3.71. The molecule has 0 N–H and O–H groups in total. The van der Waals surface area contributed by atoms with Crippen LogP contribution < -0.4 is 0 Å². The summed E-state index contributed by atoms with van der Waals surface area (Å²) in [5.74, 6) is -0.402. The molecule has 0 saturated heterocycles. The Kier molecular flexibility index (Phi) is 5.00. The van der Waals surface area contributed by atoms with Crippen molar-refractivity contribution in [2.75, 3.05) is 0 Å². The number of halogens is 1. The zero-order valence-electron chi connectivity index (χ0n) is 9.89. The smallest absolute Gasteiger partial charge is 0.122 e. The first-order valence-corrected chi connectivity index (χ1v) is 5.00. The van der Waals surface area contributed by atoms with Gasteiger partial charge in [0.25, 0.3) is 0 Å². The van der Waals surface area contributed by atoms with Crippen LogP contribution in [0.2, 0.25) is 0 Å². The Labute approximate surface area is 91.6 Å². The number of nitrogens with zero attached hydrogens (tertiary/aromatic N) is 1. The largest absolute Gasteiger partial charge is 0.207 e. The second-order valence-electron chi connectivity index (χ2n) is 4.02. The fourth-order valence-electron chi connectivity index (χ4n) is 1.28. The molecule has 0 saturated carbocycles. The molecule has 0 fully saturated rings. The molecule has 0 aliphatic carbocycles. The third-order valence-corrected chi connectivity index (χ3v) is 2.42. The summed E-state index contributed by atoms with van der Waals surface area (Å²) in [6, 6.07) is 2.18. The highest BCUT2D eigenvalue weighted by Gasteiger charge is 2.23. The Bertz CT molecular complexity index is 340. The lowest BCUT2D eigenvalue weighted by Gasteiger charge is -2.20. The highest BCUT2D eigenvalue weighted by Crippen LogP contribution is 2.31. The van der Waals surface area contributed by atoms with E-state index in [0.29, 0.717) is 0 Å². The summed E-state index contributed by atoms with van der Waals surface area (Å²) in [5.41, 5.74) is 1.10. The van der Waals surface area contributed by atoms with Gasteiger partial charge in [0.1, 0.15) is 5.83 Å². The summed E-state index contributed by atoms with van der Waals surface area (Å²) in [5, 5.41) is 9.03. The number of nitriles is 1. The summed E-state index contributed by atoms with van der Waals surface area (Å²) < 4.78 is 13.1. The monoisotopic (exact) mass is 207 g/mol. The topological polar surface area (TPSA) is 23.8 Å². The molecule has 0 spiro atoms. The molecule has 1 nitrogen and oxygen atoms in total. The van der Waals surface area contributed by atoms with Crippen LogP contribution >= 0.6 is 0 Å². The lowest BCUT2D eigenvalue weighted by molar-refractivity contribution is 0.591. The number of rotatable bonds is 4. The lowest BCUT2D eigenvalue weighted by Crippen LogP contribution is -2.12. The van der Waals surface area contributed by atoms with Crippen LogP contribution in [0.25, 0.3) is 0 Å². The van der Waals surface area contributed by atoms with Gasteiger partial charge in [-0.1, -0.05) is 19.1 Å². The fraction of sp³-hybridized carbons (Fsp3) is 0.462. The molecule has 0 unspecified atom stereocenters. The molecule has 82 valence electrons. The number of hydrogen-bond donors (Lipinski definition) is 0. The Morgan fingerprint density at radius 2 is 2.07 bits per heavy atom. The minimum Gasteiger partial charge on any atom is -0.207 e. The maximum Gasteiger partial charge on any atom is 0.122 e. The molecule has 15 heavy (non-hydrogen) atoms. The van der Waals surface area contributed by atoms with Crippen molar-refractivity contribution >= 4 is 0 Å². The van der Waals surface area contributed by atoms with E-state index in [1.54, 1.807) is 13.8 Å². The molecule has 0 atom stereocenters. The first-order valence-electron chi connectivity index (χ1n) is 5.00. The summed E-state index contributed by atoms with van der Waals surface area (Å²) in [6.45, 7) is 10.8. The van der Waals surface area contributed by atoms with Gasteiger partial charge in [-0.2, -0.15) is 5.26 Å². The number of allylic oxidation sites excluding steroid dienone is 5. The maximum atomic E-state index is 13.1. The summed E-state index contributed by atoms with van der Waals surface area (Å²) in [6.07, 6.45) is 3.35. The van der Waals surface area contributed by atoms with Gasteiger partial charge in [0.05, 0.1) is 11.5 Å². The molecular formula is C13H18FN. The molecule has 0 aliphatic heterocycles. The molecule has 0 aromatic heterocycles. The van der Waals surface area contributed by atoms with Crippen LogP contribution in [0.1, 0.15) is 34.1 Å². The van der Waals surface area contributed by atoms with Gasteiger partial charge in [0.15, 0.2) is 0 Å². The van der Waals surface area contributed by atoms with E-state index in [-0.39, 0.29) is 0 Å². The molecule has 0 aliphatic rings. The van der Waals surface area contributed by atoms with Crippen molar-refractivity contribution in [2.24, 2.45) is 5.41 Å².